The van der Waals surface area contributed by atoms with Crippen LogP contribution >= 0.6 is 34.8 Å². The Kier molecular flexibility index (Phi) is 7.78. The maximum Gasteiger partial charge on any atom is 0.255 e. The minimum absolute atomic E-state index is 0.257. The molecule has 0 fully saturated rings. The average Bonchev–Trinajstić information content (AvgIpc) is 2.81. The number of rotatable bonds is 6. The Hall–Kier alpha value is -2.70. The lowest BCUT2D eigenvalue weighted by molar-refractivity contribution is 0.102. The van der Waals surface area contributed by atoms with Crippen molar-refractivity contribution in [2.45, 2.75) is 6.42 Å². The van der Waals surface area contributed by atoms with Crippen LogP contribution in [0.25, 0.3) is 11.6 Å². The van der Waals surface area contributed by atoms with Crippen LogP contribution in [0.5, 0.6) is 0 Å². The van der Waals surface area contributed by atoms with Gasteiger partial charge in [0.25, 0.3) is 5.91 Å². The van der Waals surface area contributed by atoms with Crippen molar-refractivity contribution in [2.75, 3.05) is 25.0 Å². The molecule has 5 nitrogen and oxygen atoms in total. The molecule has 168 valence electrons. The predicted molar refractivity (Wildman–Crippen MR) is 136 cm³/mol. The second-order valence-electron chi connectivity index (χ2n) is 7.56. The van der Waals surface area contributed by atoms with Crippen molar-refractivity contribution in [3.63, 3.8) is 0 Å². The highest BCUT2D eigenvalue weighted by molar-refractivity contribution is 6.31. The molecule has 1 aliphatic rings. The van der Waals surface area contributed by atoms with Gasteiger partial charge in [-0.1, -0.05) is 65.2 Å². The summed E-state index contributed by atoms with van der Waals surface area (Å²) in [5.41, 5.74) is 3.91. The normalized spacial score (nSPS) is 14.3. The van der Waals surface area contributed by atoms with E-state index in [0.717, 1.165) is 47.9 Å². The number of hydrogen-bond acceptors (Lipinski definition) is 4. The molecule has 0 saturated heterocycles. The Bertz CT molecular complexity index is 1210. The number of pyridine rings is 2. The first-order valence-corrected chi connectivity index (χ1v) is 11.5. The van der Waals surface area contributed by atoms with E-state index < -0.39 is 0 Å². The van der Waals surface area contributed by atoms with Crippen LogP contribution in [-0.2, 0) is 0 Å². The minimum atomic E-state index is -0.296. The maximum atomic E-state index is 12.7. The van der Waals surface area contributed by atoms with E-state index in [1.807, 2.05) is 24.3 Å². The molecule has 0 saturated carbocycles. The van der Waals surface area contributed by atoms with Gasteiger partial charge in [0, 0.05) is 42.6 Å². The number of nitrogens with zero attached hydrogens (tertiary/aromatic N) is 3. The zero-order valence-electron chi connectivity index (χ0n) is 17.6. The van der Waals surface area contributed by atoms with E-state index in [-0.39, 0.29) is 11.1 Å². The van der Waals surface area contributed by atoms with Crippen LogP contribution in [0.4, 0.5) is 5.69 Å². The molecule has 0 radical (unpaired) electrons. The van der Waals surface area contributed by atoms with E-state index in [2.05, 4.69) is 38.4 Å². The standard InChI is InChI=1S/C25H21Cl3N4O/c26-20-5-3-17(4-6-20)2-1-11-32-12-8-18(9-13-32)24-22(15-21(27)16-30-24)31-25(33)19-7-10-29-23(28)14-19/h1-8,10,14-16H,9,11-13H2,(H,31,33)/b2-1+. The predicted octanol–water partition coefficient (Wildman–Crippen LogP) is 6.49. The SMILES string of the molecule is O=C(Nc1cc(Cl)cnc1C1=CCN(C/C=C/c2ccc(Cl)cc2)CC1)c1ccnc(Cl)c1. The Morgan fingerprint density at radius 2 is 1.88 bits per heavy atom. The molecule has 0 spiro atoms. The van der Waals surface area contributed by atoms with E-state index in [1.165, 1.54) is 12.3 Å². The highest BCUT2D eigenvalue weighted by Crippen LogP contribution is 2.29. The maximum absolute atomic E-state index is 12.7. The van der Waals surface area contributed by atoms with Crippen LogP contribution in [0.15, 0.2) is 67.0 Å². The van der Waals surface area contributed by atoms with Crippen molar-refractivity contribution in [1.82, 2.24) is 14.9 Å². The summed E-state index contributed by atoms with van der Waals surface area (Å²) >= 11 is 18.0. The van der Waals surface area contributed by atoms with Crippen LogP contribution in [-0.4, -0.2) is 40.4 Å². The highest BCUT2D eigenvalue weighted by atomic mass is 35.5. The summed E-state index contributed by atoms with van der Waals surface area (Å²) in [5.74, 6) is -0.296. The highest BCUT2D eigenvalue weighted by Gasteiger charge is 2.18. The molecule has 1 N–H and O–H groups in total. The molecule has 4 rings (SSSR count). The van der Waals surface area contributed by atoms with Gasteiger partial charge >= 0.3 is 0 Å². The number of amides is 1. The zero-order valence-corrected chi connectivity index (χ0v) is 19.9. The molecule has 0 unspecified atom stereocenters. The molecule has 8 heteroatoms. The summed E-state index contributed by atoms with van der Waals surface area (Å²) in [7, 11) is 0. The van der Waals surface area contributed by atoms with Gasteiger partial charge in [-0.3, -0.25) is 14.7 Å². The molecule has 3 aromatic rings. The molecule has 2 aromatic heterocycles. The fraction of sp³-hybridized carbons (Fsp3) is 0.160. The van der Waals surface area contributed by atoms with Gasteiger partial charge in [-0.25, -0.2) is 4.98 Å². The molecule has 0 aliphatic carbocycles. The largest absolute Gasteiger partial charge is 0.320 e. The Balaban J connectivity index is 1.43. The van der Waals surface area contributed by atoms with Gasteiger partial charge in [-0.05, 0) is 47.9 Å². The van der Waals surface area contributed by atoms with E-state index in [4.69, 9.17) is 34.8 Å². The van der Waals surface area contributed by atoms with Gasteiger partial charge in [0.2, 0.25) is 0 Å². The van der Waals surface area contributed by atoms with Gasteiger partial charge in [-0.2, -0.15) is 0 Å². The first kappa shape index (κ1) is 23.5. The van der Waals surface area contributed by atoms with Crippen molar-refractivity contribution >= 4 is 58.0 Å². The van der Waals surface area contributed by atoms with Crippen LogP contribution in [0, 0.1) is 0 Å². The van der Waals surface area contributed by atoms with Crippen molar-refractivity contribution in [3.8, 4) is 0 Å². The van der Waals surface area contributed by atoms with Crippen molar-refractivity contribution < 1.29 is 4.79 Å². The summed E-state index contributed by atoms with van der Waals surface area (Å²) in [6.07, 6.45) is 10.3. The van der Waals surface area contributed by atoms with Crippen LogP contribution in [0.1, 0.15) is 28.0 Å². The average molecular weight is 500 g/mol. The number of benzene rings is 1. The molecule has 1 aromatic carbocycles. The second-order valence-corrected chi connectivity index (χ2v) is 8.82. The summed E-state index contributed by atoms with van der Waals surface area (Å²) in [5, 5.41) is 4.35. The van der Waals surface area contributed by atoms with E-state index >= 15 is 0 Å². The summed E-state index contributed by atoms with van der Waals surface area (Å²) in [6, 6.07) is 12.6. The number of carbonyl (C=O) groups is 1. The van der Waals surface area contributed by atoms with Crippen LogP contribution < -0.4 is 5.32 Å². The Morgan fingerprint density at radius 1 is 1.06 bits per heavy atom. The molecular formula is C25H21Cl3N4O. The topological polar surface area (TPSA) is 58.1 Å². The number of carbonyl (C=O) groups excluding carboxylic acids is 1. The fourth-order valence-electron chi connectivity index (χ4n) is 3.53. The molecule has 1 amide bonds. The van der Waals surface area contributed by atoms with E-state index in [0.29, 0.717) is 16.3 Å². The molecule has 0 atom stereocenters. The lowest BCUT2D eigenvalue weighted by Gasteiger charge is -2.25. The smallest absolute Gasteiger partial charge is 0.255 e. The third-order valence-electron chi connectivity index (χ3n) is 5.23. The monoisotopic (exact) mass is 498 g/mol. The van der Waals surface area contributed by atoms with Gasteiger partial charge in [0.15, 0.2) is 0 Å². The summed E-state index contributed by atoms with van der Waals surface area (Å²) < 4.78 is 0. The van der Waals surface area contributed by atoms with Gasteiger partial charge < -0.3 is 5.32 Å². The van der Waals surface area contributed by atoms with Gasteiger partial charge in [-0.15, -0.1) is 0 Å². The number of hydrogen-bond donors (Lipinski definition) is 1. The Morgan fingerprint density at radius 3 is 2.61 bits per heavy atom. The second kappa shape index (κ2) is 10.9. The first-order chi connectivity index (χ1) is 16.0. The van der Waals surface area contributed by atoms with Gasteiger partial charge in [0.05, 0.1) is 16.4 Å². The van der Waals surface area contributed by atoms with Crippen molar-refractivity contribution in [1.29, 1.82) is 0 Å². The third kappa shape index (κ3) is 6.42. The number of nitrogens with one attached hydrogen (secondary N) is 1. The van der Waals surface area contributed by atoms with Crippen molar-refractivity contribution in [2.24, 2.45) is 0 Å². The van der Waals surface area contributed by atoms with Crippen molar-refractivity contribution in [3.05, 3.63) is 99.0 Å². The lowest BCUT2D eigenvalue weighted by Crippen LogP contribution is -2.29. The number of halogens is 3. The van der Waals surface area contributed by atoms with Crippen LogP contribution in [0.3, 0.4) is 0 Å². The Labute approximate surface area is 207 Å². The number of anilines is 1. The quantitative estimate of drug-likeness (QED) is 0.394. The zero-order chi connectivity index (χ0) is 23.2. The lowest BCUT2D eigenvalue weighted by atomic mass is 10.0. The minimum Gasteiger partial charge on any atom is -0.320 e. The number of aromatic nitrogens is 2. The van der Waals surface area contributed by atoms with Gasteiger partial charge in [0.1, 0.15) is 5.15 Å². The third-order valence-corrected chi connectivity index (χ3v) is 5.90. The van der Waals surface area contributed by atoms with E-state index in [1.54, 1.807) is 18.3 Å². The fourth-order valence-corrected chi connectivity index (χ4v) is 3.99. The summed E-state index contributed by atoms with van der Waals surface area (Å²) in [6.45, 7) is 2.51. The molecule has 1 aliphatic heterocycles. The molecule has 3 heterocycles. The molecular weight excluding hydrogens is 479 g/mol. The summed E-state index contributed by atoms with van der Waals surface area (Å²) in [4.78, 5) is 23.5. The molecule has 33 heavy (non-hydrogen) atoms. The van der Waals surface area contributed by atoms with Crippen LogP contribution in [0.2, 0.25) is 15.2 Å². The first-order valence-electron chi connectivity index (χ1n) is 10.4. The molecule has 0 bridgehead atoms. The van der Waals surface area contributed by atoms with E-state index in [9.17, 15) is 4.79 Å².